The van der Waals surface area contributed by atoms with Crippen molar-refractivity contribution in [2.45, 2.75) is 25.8 Å². The SMILES string of the molecule is CC(CCc1ccccc1)Nc1ccc([N+](=O)[O-])cc1I. The van der Waals surface area contributed by atoms with Crippen molar-refractivity contribution in [2.24, 2.45) is 0 Å². The maximum Gasteiger partial charge on any atom is 0.270 e. The second kappa shape index (κ2) is 7.40. The van der Waals surface area contributed by atoms with Crippen molar-refractivity contribution in [2.75, 3.05) is 5.32 Å². The fourth-order valence-corrected chi connectivity index (χ4v) is 2.75. The largest absolute Gasteiger partial charge is 0.382 e. The number of nitro groups is 1. The highest BCUT2D eigenvalue weighted by atomic mass is 127. The topological polar surface area (TPSA) is 55.2 Å². The monoisotopic (exact) mass is 396 g/mol. The van der Waals surface area contributed by atoms with E-state index in [1.54, 1.807) is 12.1 Å². The molecule has 2 rings (SSSR count). The Hall–Kier alpha value is -1.63. The molecular weight excluding hydrogens is 379 g/mol. The van der Waals surface area contributed by atoms with Crippen molar-refractivity contribution >= 4 is 34.0 Å². The molecule has 2 aromatic rings. The van der Waals surface area contributed by atoms with E-state index < -0.39 is 0 Å². The van der Waals surface area contributed by atoms with Crippen LogP contribution in [0, 0.1) is 13.7 Å². The molecule has 21 heavy (non-hydrogen) atoms. The number of anilines is 1. The second-order valence-corrected chi connectivity index (χ2v) is 6.15. The average Bonchev–Trinajstić information content (AvgIpc) is 2.48. The van der Waals surface area contributed by atoms with E-state index in [9.17, 15) is 10.1 Å². The van der Waals surface area contributed by atoms with Gasteiger partial charge in [-0.3, -0.25) is 10.1 Å². The first-order valence-electron chi connectivity index (χ1n) is 6.80. The molecule has 0 saturated heterocycles. The Balaban J connectivity index is 1.93. The minimum Gasteiger partial charge on any atom is -0.382 e. The molecule has 0 spiro atoms. The van der Waals surface area contributed by atoms with Crippen molar-refractivity contribution in [3.63, 3.8) is 0 Å². The summed E-state index contributed by atoms with van der Waals surface area (Å²) in [5.41, 5.74) is 2.40. The molecule has 5 heteroatoms. The molecule has 1 N–H and O–H groups in total. The third-order valence-electron chi connectivity index (χ3n) is 3.27. The van der Waals surface area contributed by atoms with Gasteiger partial charge in [-0.2, -0.15) is 0 Å². The van der Waals surface area contributed by atoms with Gasteiger partial charge in [0.1, 0.15) is 0 Å². The third-order valence-corrected chi connectivity index (χ3v) is 4.17. The van der Waals surface area contributed by atoms with E-state index in [1.165, 1.54) is 11.6 Å². The highest BCUT2D eigenvalue weighted by molar-refractivity contribution is 14.1. The van der Waals surface area contributed by atoms with E-state index in [2.05, 4.69) is 47.0 Å². The van der Waals surface area contributed by atoms with Crippen molar-refractivity contribution in [1.29, 1.82) is 0 Å². The Bertz CT molecular complexity index is 617. The van der Waals surface area contributed by atoms with Gasteiger partial charge in [0, 0.05) is 27.4 Å². The number of benzene rings is 2. The van der Waals surface area contributed by atoms with Crippen LogP contribution < -0.4 is 5.32 Å². The van der Waals surface area contributed by atoms with Gasteiger partial charge < -0.3 is 5.32 Å². The number of rotatable bonds is 6. The van der Waals surface area contributed by atoms with Crippen molar-refractivity contribution < 1.29 is 4.92 Å². The maximum atomic E-state index is 10.7. The van der Waals surface area contributed by atoms with Crippen LogP contribution in [0.25, 0.3) is 0 Å². The summed E-state index contributed by atoms with van der Waals surface area (Å²) in [6, 6.07) is 15.6. The number of nitrogens with one attached hydrogen (secondary N) is 1. The van der Waals surface area contributed by atoms with E-state index in [-0.39, 0.29) is 10.6 Å². The second-order valence-electron chi connectivity index (χ2n) is 4.99. The molecular formula is C16H17IN2O2. The summed E-state index contributed by atoms with van der Waals surface area (Å²) < 4.78 is 0.869. The summed E-state index contributed by atoms with van der Waals surface area (Å²) in [5.74, 6) is 0. The molecule has 0 aliphatic rings. The highest BCUT2D eigenvalue weighted by Crippen LogP contribution is 2.24. The summed E-state index contributed by atoms with van der Waals surface area (Å²) in [6.07, 6.45) is 2.02. The first kappa shape index (κ1) is 15.8. The lowest BCUT2D eigenvalue weighted by molar-refractivity contribution is -0.384. The van der Waals surface area contributed by atoms with Crippen LogP contribution in [-0.4, -0.2) is 11.0 Å². The number of non-ortho nitro benzene ring substituents is 1. The zero-order chi connectivity index (χ0) is 15.2. The van der Waals surface area contributed by atoms with E-state index >= 15 is 0 Å². The Morgan fingerprint density at radius 2 is 1.95 bits per heavy atom. The van der Waals surface area contributed by atoms with Crippen LogP contribution in [0.5, 0.6) is 0 Å². The third kappa shape index (κ3) is 4.70. The molecule has 0 bridgehead atoms. The molecule has 0 radical (unpaired) electrons. The van der Waals surface area contributed by atoms with Crippen LogP contribution >= 0.6 is 22.6 Å². The molecule has 0 heterocycles. The fourth-order valence-electron chi connectivity index (χ4n) is 2.10. The molecule has 2 aromatic carbocycles. The van der Waals surface area contributed by atoms with E-state index in [0.29, 0.717) is 6.04 Å². The number of halogens is 1. The predicted molar refractivity (Wildman–Crippen MR) is 93.7 cm³/mol. The lowest BCUT2D eigenvalue weighted by Crippen LogP contribution is -2.16. The molecule has 0 fully saturated rings. The minimum atomic E-state index is -0.370. The van der Waals surface area contributed by atoms with Crippen LogP contribution in [-0.2, 0) is 6.42 Å². The quantitative estimate of drug-likeness (QED) is 0.440. The van der Waals surface area contributed by atoms with Gasteiger partial charge in [-0.25, -0.2) is 0 Å². The minimum absolute atomic E-state index is 0.127. The van der Waals surface area contributed by atoms with E-state index in [4.69, 9.17) is 0 Å². The zero-order valence-corrected chi connectivity index (χ0v) is 13.9. The van der Waals surface area contributed by atoms with Gasteiger partial charge in [-0.1, -0.05) is 30.3 Å². The van der Waals surface area contributed by atoms with Gasteiger partial charge in [0.05, 0.1) is 4.92 Å². The Morgan fingerprint density at radius 1 is 1.24 bits per heavy atom. The molecule has 0 saturated carbocycles. The molecule has 0 amide bonds. The number of aryl methyl sites for hydroxylation is 1. The van der Waals surface area contributed by atoms with Crippen LogP contribution in [0.15, 0.2) is 48.5 Å². The highest BCUT2D eigenvalue weighted by Gasteiger charge is 2.10. The predicted octanol–water partition coefficient (Wildman–Crippen LogP) is 4.63. The molecule has 1 unspecified atom stereocenters. The summed E-state index contributed by atoms with van der Waals surface area (Å²) >= 11 is 2.13. The first-order chi connectivity index (χ1) is 10.1. The maximum absolute atomic E-state index is 10.7. The standard InChI is InChI=1S/C16H17IN2O2/c1-12(7-8-13-5-3-2-4-6-13)18-16-10-9-14(19(20)21)11-15(16)17/h2-6,9-12,18H,7-8H2,1H3. The summed E-state index contributed by atoms with van der Waals surface area (Å²) in [5, 5.41) is 14.1. The lowest BCUT2D eigenvalue weighted by Gasteiger charge is -2.16. The van der Waals surface area contributed by atoms with Gasteiger partial charge >= 0.3 is 0 Å². The average molecular weight is 396 g/mol. The molecule has 0 aromatic heterocycles. The van der Waals surface area contributed by atoms with Gasteiger partial charge in [-0.05, 0) is 54.0 Å². The van der Waals surface area contributed by atoms with E-state index in [1.807, 2.05) is 18.2 Å². The molecule has 110 valence electrons. The van der Waals surface area contributed by atoms with Gasteiger partial charge in [-0.15, -0.1) is 0 Å². The van der Waals surface area contributed by atoms with Crippen LogP contribution in [0.3, 0.4) is 0 Å². The Labute approximate surface area is 137 Å². The summed E-state index contributed by atoms with van der Waals surface area (Å²) in [6.45, 7) is 2.13. The molecule has 0 aliphatic carbocycles. The summed E-state index contributed by atoms with van der Waals surface area (Å²) in [4.78, 5) is 10.4. The number of nitrogens with zero attached hydrogens (tertiary/aromatic N) is 1. The van der Waals surface area contributed by atoms with Crippen LogP contribution in [0.1, 0.15) is 18.9 Å². The number of hydrogen-bond donors (Lipinski definition) is 1. The zero-order valence-electron chi connectivity index (χ0n) is 11.8. The first-order valence-corrected chi connectivity index (χ1v) is 7.88. The Morgan fingerprint density at radius 3 is 2.57 bits per heavy atom. The lowest BCUT2D eigenvalue weighted by atomic mass is 10.1. The smallest absolute Gasteiger partial charge is 0.270 e. The fraction of sp³-hybridized carbons (Fsp3) is 0.250. The van der Waals surface area contributed by atoms with Crippen molar-refractivity contribution in [1.82, 2.24) is 0 Å². The number of nitro benzene ring substituents is 1. The van der Waals surface area contributed by atoms with Crippen LogP contribution in [0.4, 0.5) is 11.4 Å². The number of hydrogen-bond acceptors (Lipinski definition) is 3. The molecule has 1 atom stereocenters. The molecule has 0 aliphatic heterocycles. The summed E-state index contributed by atoms with van der Waals surface area (Å²) in [7, 11) is 0. The molecule has 4 nitrogen and oxygen atoms in total. The van der Waals surface area contributed by atoms with Gasteiger partial charge in [0.2, 0.25) is 0 Å². The normalized spacial score (nSPS) is 11.9. The van der Waals surface area contributed by atoms with Gasteiger partial charge in [0.25, 0.3) is 5.69 Å². The van der Waals surface area contributed by atoms with Crippen LogP contribution in [0.2, 0.25) is 0 Å². The Kier molecular flexibility index (Phi) is 5.55. The van der Waals surface area contributed by atoms with E-state index in [0.717, 1.165) is 22.1 Å². The van der Waals surface area contributed by atoms with Gasteiger partial charge in [0.15, 0.2) is 0 Å². The van der Waals surface area contributed by atoms with Crippen molar-refractivity contribution in [3.8, 4) is 0 Å². The van der Waals surface area contributed by atoms with Crippen molar-refractivity contribution in [3.05, 3.63) is 67.8 Å².